The van der Waals surface area contributed by atoms with Crippen molar-refractivity contribution in [3.05, 3.63) is 80.5 Å². The monoisotopic (exact) mass is 496 g/mol. The van der Waals surface area contributed by atoms with Crippen LogP contribution >= 0.6 is 27.3 Å². The van der Waals surface area contributed by atoms with Crippen molar-refractivity contribution in [3.8, 4) is 11.5 Å². The lowest BCUT2D eigenvalue weighted by molar-refractivity contribution is -0.114. The van der Waals surface area contributed by atoms with Gasteiger partial charge in [-0.1, -0.05) is 24.3 Å². The van der Waals surface area contributed by atoms with Gasteiger partial charge in [0.05, 0.1) is 28.6 Å². The fourth-order valence-corrected chi connectivity index (χ4v) is 4.19. The van der Waals surface area contributed by atoms with Crippen molar-refractivity contribution in [3.63, 3.8) is 0 Å². The number of para-hydroxylation sites is 1. The summed E-state index contributed by atoms with van der Waals surface area (Å²) >= 11 is 4.75. The Labute approximate surface area is 191 Å². The molecule has 0 saturated carbocycles. The molecule has 1 aliphatic rings. The van der Waals surface area contributed by atoms with Crippen LogP contribution in [0.25, 0.3) is 6.08 Å². The number of esters is 1. The zero-order valence-corrected chi connectivity index (χ0v) is 19.1. The Bertz CT molecular complexity index is 1200. The number of carbonyl (C=O) groups excluding carboxylic acids is 2. The predicted molar refractivity (Wildman–Crippen MR) is 125 cm³/mol. The Morgan fingerprint density at radius 1 is 1.16 bits per heavy atom. The highest BCUT2D eigenvalue weighted by Crippen LogP contribution is 2.38. The van der Waals surface area contributed by atoms with Crippen LogP contribution in [0.4, 0.5) is 5.69 Å². The average molecular weight is 497 g/mol. The SMILES string of the molecule is COc1cc(/C=C2/C(=O)N(c3ccccc3)N=C2C)cc(Br)c1OC(=O)c1cccs1. The smallest absolute Gasteiger partial charge is 0.353 e. The number of thiophene rings is 1. The summed E-state index contributed by atoms with van der Waals surface area (Å²) in [6, 6.07) is 16.2. The number of nitrogens with zero attached hydrogens (tertiary/aromatic N) is 2. The van der Waals surface area contributed by atoms with Gasteiger partial charge in [-0.3, -0.25) is 4.79 Å². The number of carbonyl (C=O) groups is 2. The van der Waals surface area contributed by atoms with Crippen LogP contribution in [0.3, 0.4) is 0 Å². The molecule has 0 fully saturated rings. The highest BCUT2D eigenvalue weighted by molar-refractivity contribution is 9.10. The fraction of sp³-hybridized carbons (Fsp3) is 0.0870. The minimum absolute atomic E-state index is 0.216. The van der Waals surface area contributed by atoms with Gasteiger partial charge in [-0.25, -0.2) is 4.79 Å². The van der Waals surface area contributed by atoms with Crippen molar-refractivity contribution >= 4 is 56.6 Å². The zero-order chi connectivity index (χ0) is 22.0. The molecule has 0 saturated heterocycles. The lowest BCUT2D eigenvalue weighted by Gasteiger charge is -2.13. The first-order valence-corrected chi connectivity index (χ1v) is 10.9. The van der Waals surface area contributed by atoms with Gasteiger partial charge in [-0.2, -0.15) is 10.1 Å². The molecule has 4 rings (SSSR count). The van der Waals surface area contributed by atoms with Gasteiger partial charge in [-0.05, 0) is 70.2 Å². The molecule has 1 aromatic heterocycles. The number of anilines is 1. The van der Waals surface area contributed by atoms with Crippen molar-refractivity contribution < 1.29 is 19.1 Å². The molecule has 2 heterocycles. The number of amides is 1. The summed E-state index contributed by atoms with van der Waals surface area (Å²) in [6.45, 7) is 1.79. The van der Waals surface area contributed by atoms with Gasteiger partial charge in [0.15, 0.2) is 11.5 Å². The van der Waals surface area contributed by atoms with E-state index < -0.39 is 5.97 Å². The van der Waals surface area contributed by atoms with E-state index in [1.54, 1.807) is 42.6 Å². The molecular weight excluding hydrogens is 480 g/mol. The molecule has 1 aliphatic heterocycles. The first-order chi connectivity index (χ1) is 15.0. The molecule has 8 heteroatoms. The minimum Gasteiger partial charge on any atom is -0.493 e. The van der Waals surface area contributed by atoms with Gasteiger partial charge in [-0.15, -0.1) is 11.3 Å². The maximum absolute atomic E-state index is 12.9. The van der Waals surface area contributed by atoms with E-state index in [2.05, 4.69) is 21.0 Å². The third kappa shape index (κ3) is 4.30. The number of benzene rings is 2. The number of hydrogen-bond acceptors (Lipinski definition) is 6. The molecule has 2 aromatic carbocycles. The summed E-state index contributed by atoms with van der Waals surface area (Å²) in [5.74, 6) is -0.0391. The van der Waals surface area contributed by atoms with Crippen LogP contribution in [0.5, 0.6) is 11.5 Å². The molecule has 0 atom stereocenters. The molecule has 156 valence electrons. The van der Waals surface area contributed by atoms with E-state index in [-0.39, 0.29) is 11.7 Å². The van der Waals surface area contributed by atoms with Crippen LogP contribution < -0.4 is 14.5 Å². The summed E-state index contributed by atoms with van der Waals surface area (Å²) in [5.41, 5.74) is 2.48. The zero-order valence-electron chi connectivity index (χ0n) is 16.7. The van der Waals surface area contributed by atoms with Crippen LogP contribution in [0.1, 0.15) is 22.2 Å². The number of hydrazone groups is 1. The van der Waals surface area contributed by atoms with E-state index in [0.717, 1.165) is 0 Å². The van der Waals surface area contributed by atoms with E-state index >= 15 is 0 Å². The Kier molecular flexibility index (Phi) is 6.01. The number of ether oxygens (including phenoxy) is 2. The molecule has 0 bridgehead atoms. The number of rotatable bonds is 5. The Morgan fingerprint density at radius 2 is 1.94 bits per heavy atom. The van der Waals surface area contributed by atoms with Gasteiger partial charge in [0.2, 0.25) is 0 Å². The van der Waals surface area contributed by atoms with Gasteiger partial charge in [0, 0.05) is 0 Å². The summed E-state index contributed by atoms with van der Waals surface area (Å²) in [4.78, 5) is 25.8. The Balaban J connectivity index is 1.64. The van der Waals surface area contributed by atoms with E-state index in [9.17, 15) is 9.59 Å². The second kappa shape index (κ2) is 8.87. The highest BCUT2D eigenvalue weighted by Gasteiger charge is 2.29. The molecule has 1 amide bonds. The third-order valence-electron chi connectivity index (χ3n) is 4.54. The molecule has 0 N–H and O–H groups in total. The predicted octanol–water partition coefficient (Wildman–Crippen LogP) is 5.54. The Hall–Kier alpha value is -3.23. The first-order valence-electron chi connectivity index (χ1n) is 9.28. The average Bonchev–Trinajstić information content (AvgIpc) is 3.40. The minimum atomic E-state index is -0.465. The molecular formula is C23H17BrN2O4S. The Morgan fingerprint density at radius 3 is 2.61 bits per heavy atom. The number of halogens is 1. The van der Waals surface area contributed by atoms with E-state index in [4.69, 9.17) is 9.47 Å². The van der Waals surface area contributed by atoms with E-state index in [0.29, 0.717) is 37.6 Å². The molecule has 0 radical (unpaired) electrons. The normalized spacial score (nSPS) is 14.7. The topological polar surface area (TPSA) is 68.2 Å². The largest absolute Gasteiger partial charge is 0.493 e. The van der Waals surface area contributed by atoms with Crippen LogP contribution in [0.15, 0.2) is 75.1 Å². The second-order valence-electron chi connectivity index (χ2n) is 6.60. The summed E-state index contributed by atoms with van der Waals surface area (Å²) < 4.78 is 11.5. The highest BCUT2D eigenvalue weighted by atomic mass is 79.9. The van der Waals surface area contributed by atoms with Crippen LogP contribution in [-0.2, 0) is 4.79 Å². The van der Waals surface area contributed by atoms with E-state index in [1.165, 1.54) is 23.5 Å². The van der Waals surface area contributed by atoms with Crippen molar-refractivity contribution in [2.75, 3.05) is 12.1 Å². The first kappa shape index (κ1) is 21.0. The summed E-state index contributed by atoms with van der Waals surface area (Å²) in [5, 5.41) is 7.57. The molecule has 31 heavy (non-hydrogen) atoms. The van der Waals surface area contributed by atoms with E-state index in [1.807, 2.05) is 30.3 Å². The maximum atomic E-state index is 12.9. The van der Waals surface area contributed by atoms with Crippen molar-refractivity contribution in [1.82, 2.24) is 0 Å². The van der Waals surface area contributed by atoms with Crippen LogP contribution in [0.2, 0.25) is 0 Å². The molecule has 6 nitrogen and oxygen atoms in total. The van der Waals surface area contributed by atoms with Gasteiger partial charge in [0.1, 0.15) is 4.88 Å². The molecule has 0 spiro atoms. The molecule has 0 aliphatic carbocycles. The fourth-order valence-electron chi connectivity index (χ4n) is 3.06. The quantitative estimate of drug-likeness (QED) is 0.264. The maximum Gasteiger partial charge on any atom is 0.353 e. The van der Waals surface area contributed by atoms with Crippen LogP contribution in [0, 0.1) is 0 Å². The number of methoxy groups -OCH3 is 1. The summed E-state index contributed by atoms with van der Waals surface area (Å²) in [6.07, 6.45) is 1.74. The summed E-state index contributed by atoms with van der Waals surface area (Å²) in [7, 11) is 1.49. The molecule has 0 unspecified atom stereocenters. The lowest BCUT2D eigenvalue weighted by Crippen LogP contribution is -2.21. The van der Waals surface area contributed by atoms with Crippen LogP contribution in [-0.4, -0.2) is 24.7 Å². The van der Waals surface area contributed by atoms with Gasteiger partial charge < -0.3 is 9.47 Å². The second-order valence-corrected chi connectivity index (χ2v) is 8.40. The van der Waals surface area contributed by atoms with Crippen molar-refractivity contribution in [2.45, 2.75) is 6.92 Å². The standard InChI is InChI=1S/C23H17BrN2O4S/c1-14-17(22(27)26(25-14)16-7-4-3-5-8-16)11-15-12-18(24)21(19(13-15)29-2)30-23(28)20-9-6-10-31-20/h3-13H,1-2H3/b17-11+. The molecule has 3 aromatic rings. The third-order valence-corrected chi connectivity index (χ3v) is 5.98. The van der Waals surface area contributed by atoms with Gasteiger partial charge in [0.25, 0.3) is 5.91 Å². The number of hydrogen-bond donors (Lipinski definition) is 0. The lowest BCUT2D eigenvalue weighted by atomic mass is 10.1. The van der Waals surface area contributed by atoms with Crippen molar-refractivity contribution in [1.29, 1.82) is 0 Å². The van der Waals surface area contributed by atoms with Crippen molar-refractivity contribution in [2.24, 2.45) is 5.10 Å². The van der Waals surface area contributed by atoms with Gasteiger partial charge >= 0.3 is 5.97 Å².